The molecule has 2 heteroatoms. The predicted octanol–water partition coefficient (Wildman–Crippen LogP) is 3.64. The van der Waals surface area contributed by atoms with Gasteiger partial charge in [0.15, 0.2) is 0 Å². The van der Waals surface area contributed by atoms with E-state index >= 15 is 0 Å². The Morgan fingerprint density at radius 2 is 2.10 bits per heavy atom. The fourth-order valence-electron chi connectivity index (χ4n) is 2.98. The smallest absolute Gasteiger partial charge is 0.0394 e. The molecule has 0 radical (unpaired) electrons. The predicted molar refractivity (Wildman–Crippen MR) is 84.2 cm³/mol. The first-order chi connectivity index (χ1) is 9.63. The number of nitrogens with zero attached hydrogens (tertiary/aromatic N) is 2. The Morgan fingerprint density at radius 3 is 2.90 bits per heavy atom. The van der Waals surface area contributed by atoms with E-state index in [0.717, 1.165) is 25.2 Å². The summed E-state index contributed by atoms with van der Waals surface area (Å²) in [7, 11) is 0. The third kappa shape index (κ3) is 2.56. The Labute approximate surface area is 121 Å². The van der Waals surface area contributed by atoms with Gasteiger partial charge in [-0.05, 0) is 37.1 Å². The second-order valence-corrected chi connectivity index (χ2v) is 5.78. The van der Waals surface area contributed by atoms with Crippen LogP contribution in [-0.2, 0) is 0 Å². The Hall–Kier alpha value is -1.80. The van der Waals surface area contributed by atoms with E-state index in [9.17, 15) is 0 Å². The van der Waals surface area contributed by atoms with Gasteiger partial charge in [-0.2, -0.15) is 0 Å². The summed E-state index contributed by atoms with van der Waals surface area (Å²) in [5.74, 6) is 0. The average molecular weight is 266 g/mol. The molecule has 2 heterocycles. The van der Waals surface area contributed by atoms with Crippen LogP contribution in [0.3, 0.4) is 0 Å². The zero-order valence-electron chi connectivity index (χ0n) is 12.3. The molecule has 1 aromatic rings. The van der Waals surface area contributed by atoms with Gasteiger partial charge in [-0.3, -0.25) is 4.90 Å². The molecule has 1 saturated heterocycles. The summed E-state index contributed by atoms with van der Waals surface area (Å²) in [6.45, 7) is 11.7. The summed E-state index contributed by atoms with van der Waals surface area (Å²) in [6, 6.07) is 9.30. The Kier molecular flexibility index (Phi) is 3.49. The van der Waals surface area contributed by atoms with Crippen molar-refractivity contribution < 1.29 is 0 Å². The summed E-state index contributed by atoms with van der Waals surface area (Å²) in [5.41, 5.74) is 5.20. The fraction of sp³-hybridized carbons (Fsp3) is 0.333. The zero-order chi connectivity index (χ0) is 14.1. The standard InChI is InChI=1S/C18H22N2/c1-14-5-4-6-17(11-14)16(3)20-10-9-19-8-7-15(2)12-18(19)13-20/h4-8,11-12,16H,2,9-10,13H2,1,3H3. The molecule has 0 saturated carbocycles. The maximum atomic E-state index is 4.04. The molecule has 1 fully saturated rings. The van der Waals surface area contributed by atoms with E-state index in [1.54, 1.807) is 0 Å². The van der Waals surface area contributed by atoms with Crippen molar-refractivity contribution in [2.24, 2.45) is 0 Å². The van der Waals surface area contributed by atoms with E-state index in [0.29, 0.717) is 6.04 Å². The van der Waals surface area contributed by atoms with Gasteiger partial charge >= 0.3 is 0 Å². The zero-order valence-corrected chi connectivity index (χ0v) is 12.3. The normalized spacial score (nSPS) is 20.6. The van der Waals surface area contributed by atoms with Crippen LogP contribution in [0.15, 0.2) is 60.5 Å². The SMILES string of the molecule is C=C1C=CN2CCN(C(C)c3cccc(C)c3)CC2=C1. The third-order valence-electron chi connectivity index (χ3n) is 4.25. The maximum Gasteiger partial charge on any atom is 0.0394 e. The van der Waals surface area contributed by atoms with Crippen molar-refractivity contribution in [2.45, 2.75) is 19.9 Å². The van der Waals surface area contributed by atoms with Crippen LogP contribution in [0.25, 0.3) is 0 Å². The second kappa shape index (κ2) is 5.29. The molecular weight excluding hydrogens is 244 g/mol. The van der Waals surface area contributed by atoms with Gasteiger partial charge in [0.1, 0.15) is 0 Å². The van der Waals surface area contributed by atoms with Crippen molar-refractivity contribution in [3.05, 3.63) is 71.6 Å². The maximum absolute atomic E-state index is 4.04. The number of rotatable bonds is 2. The Morgan fingerprint density at radius 1 is 1.25 bits per heavy atom. The van der Waals surface area contributed by atoms with Crippen molar-refractivity contribution in [3.63, 3.8) is 0 Å². The molecule has 2 aliphatic rings. The fourth-order valence-corrected chi connectivity index (χ4v) is 2.98. The van der Waals surface area contributed by atoms with Crippen molar-refractivity contribution in [3.8, 4) is 0 Å². The number of aryl methyl sites for hydroxylation is 1. The molecule has 0 spiro atoms. The number of benzene rings is 1. The summed E-state index contributed by atoms with van der Waals surface area (Å²) in [4.78, 5) is 4.89. The van der Waals surface area contributed by atoms with E-state index in [4.69, 9.17) is 0 Å². The van der Waals surface area contributed by atoms with Crippen LogP contribution in [0.4, 0.5) is 0 Å². The monoisotopic (exact) mass is 266 g/mol. The third-order valence-corrected chi connectivity index (χ3v) is 4.25. The van der Waals surface area contributed by atoms with Crippen LogP contribution >= 0.6 is 0 Å². The van der Waals surface area contributed by atoms with Crippen LogP contribution in [-0.4, -0.2) is 29.4 Å². The van der Waals surface area contributed by atoms with Gasteiger partial charge in [0.25, 0.3) is 0 Å². The Balaban J connectivity index is 1.77. The molecule has 104 valence electrons. The first-order valence-electron chi connectivity index (χ1n) is 7.28. The van der Waals surface area contributed by atoms with Gasteiger partial charge in [-0.25, -0.2) is 0 Å². The van der Waals surface area contributed by atoms with Crippen molar-refractivity contribution >= 4 is 0 Å². The molecule has 0 bridgehead atoms. The second-order valence-electron chi connectivity index (χ2n) is 5.78. The topological polar surface area (TPSA) is 6.48 Å². The summed E-state index contributed by atoms with van der Waals surface area (Å²) in [5, 5.41) is 0. The quantitative estimate of drug-likeness (QED) is 0.806. The highest BCUT2D eigenvalue weighted by molar-refractivity contribution is 5.36. The highest BCUT2D eigenvalue weighted by atomic mass is 15.3. The average Bonchev–Trinajstić information content (AvgIpc) is 2.45. The number of piperazine rings is 1. The van der Waals surface area contributed by atoms with E-state index in [1.165, 1.54) is 16.8 Å². The highest BCUT2D eigenvalue weighted by Gasteiger charge is 2.25. The molecule has 3 rings (SSSR count). The number of fused-ring (bicyclic) bond motifs is 1. The molecule has 0 aromatic heterocycles. The molecule has 1 atom stereocenters. The molecule has 0 N–H and O–H groups in total. The minimum absolute atomic E-state index is 0.456. The number of hydrogen-bond donors (Lipinski definition) is 0. The first kappa shape index (κ1) is 13.2. The lowest BCUT2D eigenvalue weighted by Crippen LogP contribution is -2.44. The van der Waals surface area contributed by atoms with Crippen LogP contribution in [0, 0.1) is 6.92 Å². The van der Waals surface area contributed by atoms with Crippen LogP contribution < -0.4 is 0 Å². The molecule has 0 amide bonds. The minimum atomic E-state index is 0.456. The van der Waals surface area contributed by atoms with Gasteiger partial charge in [0.05, 0.1) is 0 Å². The largest absolute Gasteiger partial charge is 0.349 e. The lowest BCUT2D eigenvalue weighted by atomic mass is 10.0. The van der Waals surface area contributed by atoms with Crippen molar-refractivity contribution in [1.82, 2.24) is 9.80 Å². The lowest BCUT2D eigenvalue weighted by Gasteiger charge is -2.40. The lowest BCUT2D eigenvalue weighted by molar-refractivity contribution is 0.162. The van der Waals surface area contributed by atoms with Crippen molar-refractivity contribution in [1.29, 1.82) is 0 Å². The van der Waals surface area contributed by atoms with Gasteiger partial charge in [-0.1, -0.05) is 36.4 Å². The first-order valence-corrected chi connectivity index (χ1v) is 7.28. The molecule has 20 heavy (non-hydrogen) atoms. The van der Waals surface area contributed by atoms with Crippen molar-refractivity contribution in [2.75, 3.05) is 19.6 Å². The van der Waals surface area contributed by atoms with Crippen LogP contribution in [0.2, 0.25) is 0 Å². The molecule has 2 nitrogen and oxygen atoms in total. The highest BCUT2D eigenvalue weighted by Crippen LogP contribution is 2.27. The number of hydrogen-bond acceptors (Lipinski definition) is 2. The van der Waals surface area contributed by atoms with Gasteiger partial charge in [0.2, 0.25) is 0 Å². The van der Waals surface area contributed by atoms with Gasteiger partial charge in [-0.15, -0.1) is 0 Å². The summed E-state index contributed by atoms with van der Waals surface area (Å²) >= 11 is 0. The minimum Gasteiger partial charge on any atom is -0.349 e. The molecule has 1 aromatic carbocycles. The molecular formula is C18H22N2. The van der Waals surface area contributed by atoms with E-state index in [1.807, 2.05) is 0 Å². The molecule has 2 aliphatic heterocycles. The van der Waals surface area contributed by atoms with Crippen LogP contribution in [0.5, 0.6) is 0 Å². The van der Waals surface area contributed by atoms with E-state index in [2.05, 4.69) is 72.8 Å². The van der Waals surface area contributed by atoms with Crippen LogP contribution in [0.1, 0.15) is 24.1 Å². The molecule has 1 unspecified atom stereocenters. The number of allylic oxidation sites excluding steroid dienone is 3. The van der Waals surface area contributed by atoms with E-state index < -0.39 is 0 Å². The van der Waals surface area contributed by atoms with Gasteiger partial charge < -0.3 is 4.90 Å². The summed E-state index contributed by atoms with van der Waals surface area (Å²) < 4.78 is 0. The Bertz CT molecular complexity index is 583. The van der Waals surface area contributed by atoms with Gasteiger partial charge in [0, 0.05) is 37.6 Å². The summed E-state index contributed by atoms with van der Waals surface area (Å²) in [6.07, 6.45) is 6.45. The van der Waals surface area contributed by atoms with E-state index in [-0.39, 0.29) is 0 Å². The molecule has 0 aliphatic carbocycles.